The molecule has 0 aliphatic carbocycles. The fraction of sp³-hybridized carbons (Fsp3) is 0.421. The van der Waals surface area contributed by atoms with E-state index in [1.165, 1.54) is 5.56 Å². The summed E-state index contributed by atoms with van der Waals surface area (Å²) in [5.41, 5.74) is 1.96. The molecule has 0 N–H and O–H groups in total. The van der Waals surface area contributed by atoms with Crippen LogP contribution in [0.4, 0.5) is 0 Å². The lowest BCUT2D eigenvalue weighted by Gasteiger charge is -2.36. The van der Waals surface area contributed by atoms with Gasteiger partial charge in [0.25, 0.3) is 5.91 Å². The molecule has 2 aromatic rings. The van der Waals surface area contributed by atoms with E-state index in [2.05, 4.69) is 29.2 Å². The van der Waals surface area contributed by atoms with Crippen LogP contribution in [0.3, 0.4) is 0 Å². The topological polar surface area (TPSA) is 45.9 Å². The minimum atomic E-state index is 0.0407. The molecule has 5 nitrogen and oxygen atoms in total. The van der Waals surface area contributed by atoms with Gasteiger partial charge in [-0.3, -0.25) is 9.69 Å². The van der Waals surface area contributed by atoms with Gasteiger partial charge >= 0.3 is 0 Å². The van der Waals surface area contributed by atoms with E-state index in [1.54, 1.807) is 12.3 Å². The Bertz CT molecular complexity index is 712. The van der Waals surface area contributed by atoms with Crippen LogP contribution >= 0.6 is 0 Å². The number of fused-ring (bicyclic) bond motifs is 1. The Balaban J connectivity index is 1.48. The molecule has 1 amide bonds. The molecule has 0 spiro atoms. The number of rotatable bonds is 3. The van der Waals surface area contributed by atoms with Crippen LogP contribution in [0.25, 0.3) is 0 Å². The van der Waals surface area contributed by atoms with E-state index in [0.717, 1.165) is 19.7 Å². The molecule has 0 unspecified atom stereocenters. The third-order valence-electron chi connectivity index (χ3n) is 5.02. The van der Waals surface area contributed by atoms with Crippen LogP contribution < -0.4 is 0 Å². The Kier molecular flexibility index (Phi) is 4.12. The van der Waals surface area contributed by atoms with Crippen molar-refractivity contribution in [1.29, 1.82) is 0 Å². The van der Waals surface area contributed by atoms with Crippen molar-refractivity contribution in [2.24, 2.45) is 0 Å². The van der Waals surface area contributed by atoms with Crippen LogP contribution in [-0.4, -0.2) is 54.1 Å². The molecule has 126 valence electrons. The lowest BCUT2D eigenvalue weighted by Crippen LogP contribution is -2.50. The van der Waals surface area contributed by atoms with E-state index in [4.69, 9.17) is 9.15 Å². The van der Waals surface area contributed by atoms with Gasteiger partial charge in [0.1, 0.15) is 5.76 Å². The van der Waals surface area contributed by atoms with Crippen LogP contribution in [0, 0.1) is 6.92 Å². The number of hydrogen-bond acceptors (Lipinski definition) is 4. The van der Waals surface area contributed by atoms with Gasteiger partial charge in [-0.15, -0.1) is 0 Å². The van der Waals surface area contributed by atoms with Crippen molar-refractivity contribution >= 4 is 5.91 Å². The van der Waals surface area contributed by atoms with Gasteiger partial charge in [-0.1, -0.05) is 30.3 Å². The number of carbonyl (C=O) groups excluding carboxylic acids is 1. The number of amides is 1. The standard InChI is InChI=1S/C19H22N2O3/c1-14-16(7-9-23-14)19(22)21-12-17-18(13-21)24-10-8-20(17)11-15-5-3-2-4-6-15/h2-7,9,17-18H,8,10-13H2,1H3/t17-,18+/m1/s1. The molecule has 2 fully saturated rings. The van der Waals surface area contributed by atoms with Crippen LogP contribution in [0.15, 0.2) is 47.1 Å². The minimum absolute atomic E-state index is 0.0407. The number of hydrogen-bond donors (Lipinski definition) is 0. The Morgan fingerprint density at radius 1 is 1.21 bits per heavy atom. The molecule has 0 bridgehead atoms. The summed E-state index contributed by atoms with van der Waals surface area (Å²) in [6, 6.07) is 12.5. The highest BCUT2D eigenvalue weighted by Gasteiger charge is 2.42. The molecule has 0 radical (unpaired) electrons. The molecule has 3 heterocycles. The first kappa shape index (κ1) is 15.4. The molecule has 1 aromatic carbocycles. The van der Waals surface area contributed by atoms with Crippen LogP contribution in [0.2, 0.25) is 0 Å². The number of likely N-dealkylation sites (tertiary alicyclic amines) is 1. The summed E-state index contributed by atoms with van der Waals surface area (Å²) in [5.74, 6) is 0.718. The number of ether oxygens (including phenoxy) is 1. The molecule has 2 atom stereocenters. The number of furan rings is 1. The summed E-state index contributed by atoms with van der Waals surface area (Å²) in [6.07, 6.45) is 1.67. The van der Waals surface area contributed by atoms with Gasteiger partial charge in [0, 0.05) is 26.2 Å². The Hall–Kier alpha value is -2.11. The van der Waals surface area contributed by atoms with Crippen molar-refractivity contribution in [3.05, 3.63) is 59.5 Å². The second-order valence-electron chi connectivity index (χ2n) is 6.53. The highest BCUT2D eigenvalue weighted by Crippen LogP contribution is 2.26. The molecular formula is C19H22N2O3. The molecule has 0 saturated carbocycles. The zero-order valence-corrected chi connectivity index (χ0v) is 13.9. The maximum absolute atomic E-state index is 12.7. The van der Waals surface area contributed by atoms with E-state index in [9.17, 15) is 4.79 Å². The summed E-state index contributed by atoms with van der Waals surface area (Å²) < 4.78 is 11.2. The summed E-state index contributed by atoms with van der Waals surface area (Å²) in [6.45, 7) is 5.72. The Morgan fingerprint density at radius 2 is 2.04 bits per heavy atom. The van der Waals surface area contributed by atoms with Gasteiger partial charge in [-0.05, 0) is 18.6 Å². The first-order valence-electron chi connectivity index (χ1n) is 8.45. The molecule has 2 saturated heterocycles. The monoisotopic (exact) mass is 326 g/mol. The number of aryl methyl sites for hydroxylation is 1. The lowest BCUT2D eigenvalue weighted by molar-refractivity contribution is -0.0503. The molecule has 5 heteroatoms. The average Bonchev–Trinajstić information content (AvgIpc) is 3.22. The fourth-order valence-electron chi connectivity index (χ4n) is 3.72. The molecule has 24 heavy (non-hydrogen) atoms. The molecule has 2 aliphatic rings. The van der Waals surface area contributed by atoms with E-state index in [-0.39, 0.29) is 18.1 Å². The lowest BCUT2D eigenvalue weighted by atomic mass is 10.1. The Morgan fingerprint density at radius 3 is 2.79 bits per heavy atom. The number of nitrogens with zero attached hydrogens (tertiary/aromatic N) is 2. The van der Waals surface area contributed by atoms with Crippen molar-refractivity contribution < 1.29 is 13.9 Å². The second-order valence-corrected chi connectivity index (χ2v) is 6.53. The van der Waals surface area contributed by atoms with Crippen molar-refractivity contribution in [3.8, 4) is 0 Å². The van der Waals surface area contributed by atoms with Crippen molar-refractivity contribution in [3.63, 3.8) is 0 Å². The summed E-state index contributed by atoms with van der Waals surface area (Å²) in [7, 11) is 0. The SMILES string of the molecule is Cc1occc1C(=O)N1C[C@@H]2OCCN(Cc3ccccc3)[C@@H]2C1. The number of carbonyl (C=O) groups is 1. The van der Waals surface area contributed by atoms with Gasteiger partial charge in [0.05, 0.1) is 30.6 Å². The second kappa shape index (κ2) is 6.42. The predicted molar refractivity (Wildman–Crippen MR) is 89.7 cm³/mol. The third kappa shape index (κ3) is 2.85. The summed E-state index contributed by atoms with van der Waals surface area (Å²) in [5, 5.41) is 0. The van der Waals surface area contributed by atoms with Gasteiger partial charge in [0.2, 0.25) is 0 Å². The largest absolute Gasteiger partial charge is 0.469 e. The van der Waals surface area contributed by atoms with E-state index < -0.39 is 0 Å². The van der Waals surface area contributed by atoms with E-state index >= 15 is 0 Å². The summed E-state index contributed by atoms with van der Waals surface area (Å²) in [4.78, 5) is 17.1. The van der Waals surface area contributed by atoms with Crippen LogP contribution in [0.5, 0.6) is 0 Å². The normalized spacial score (nSPS) is 24.1. The van der Waals surface area contributed by atoms with Gasteiger partial charge in [-0.25, -0.2) is 0 Å². The van der Waals surface area contributed by atoms with Gasteiger partial charge in [-0.2, -0.15) is 0 Å². The summed E-state index contributed by atoms with van der Waals surface area (Å²) >= 11 is 0. The molecule has 2 aliphatic heterocycles. The third-order valence-corrected chi connectivity index (χ3v) is 5.02. The smallest absolute Gasteiger partial charge is 0.257 e. The zero-order valence-electron chi connectivity index (χ0n) is 13.9. The first-order valence-corrected chi connectivity index (χ1v) is 8.45. The quantitative estimate of drug-likeness (QED) is 0.868. The maximum atomic E-state index is 12.7. The van der Waals surface area contributed by atoms with Crippen LogP contribution in [-0.2, 0) is 11.3 Å². The molecule has 4 rings (SSSR count). The van der Waals surface area contributed by atoms with Gasteiger partial charge < -0.3 is 14.1 Å². The minimum Gasteiger partial charge on any atom is -0.469 e. The number of morpholine rings is 1. The van der Waals surface area contributed by atoms with Crippen molar-refractivity contribution in [2.45, 2.75) is 25.6 Å². The van der Waals surface area contributed by atoms with Gasteiger partial charge in [0.15, 0.2) is 0 Å². The number of benzene rings is 1. The fourth-order valence-corrected chi connectivity index (χ4v) is 3.72. The molecular weight excluding hydrogens is 304 g/mol. The maximum Gasteiger partial charge on any atom is 0.257 e. The van der Waals surface area contributed by atoms with Crippen molar-refractivity contribution in [1.82, 2.24) is 9.80 Å². The van der Waals surface area contributed by atoms with Crippen molar-refractivity contribution in [2.75, 3.05) is 26.2 Å². The zero-order chi connectivity index (χ0) is 16.5. The Labute approximate surface area is 141 Å². The first-order chi connectivity index (χ1) is 11.7. The molecule has 1 aromatic heterocycles. The predicted octanol–water partition coefficient (Wildman–Crippen LogP) is 2.31. The van der Waals surface area contributed by atoms with E-state index in [1.807, 2.05) is 17.9 Å². The average molecular weight is 326 g/mol. The van der Waals surface area contributed by atoms with E-state index in [0.29, 0.717) is 24.4 Å². The highest BCUT2D eigenvalue weighted by molar-refractivity contribution is 5.95. The highest BCUT2D eigenvalue weighted by atomic mass is 16.5. The van der Waals surface area contributed by atoms with Crippen LogP contribution in [0.1, 0.15) is 21.7 Å².